The topological polar surface area (TPSA) is 108 Å². The van der Waals surface area contributed by atoms with Crippen LogP contribution in [0.15, 0.2) is 40.5 Å². The summed E-state index contributed by atoms with van der Waals surface area (Å²) in [4.78, 5) is 40.0. The molecule has 144 valence electrons. The Labute approximate surface area is 161 Å². The van der Waals surface area contributed by atoms with Gasteiger partial charge in [-0.25, -0.2) is 4.79 Å². The molecule has 0 bridgehead atoms. The third-order valence-electron chi connectivity index (χ3n) is 4.23. The fraction of sp³-hybridized carbons (Fsp3) is 0.389. The molecule has 8 nitrogen and oxygen atoms in total. The number of rotatable bonds is 6. The van der Waals surface area contributed by atoms with Gasteiger partial charge in [0.2, 0.25) is 0 Å². The van der Waals surface area contributed by atoms with E-state index >= 15 is 0 Å². The first-order valence-electron chi connectivity index (χ1n) is 8.19. The van der Waals surface area contributed by atoms with Crippen molar-refractivity contribution in [3.63, 3.8) is 0 Å². The summed E-state index contributed by atoms with van der Waals surface area (Å²) in [5, 5.41) is 11.2. The molecule has 0 aromatic heterocycles. The SMILES string of the molecule is CCOC(=O)C1=C(CCl)N=C(C)C(C(=O)OC)C1c1cccc([N+](=O)[O-])c1. The summed E-state index contributed by atoms with van der Waals surface area (Å²) >= 11 is 5.98. The molecule has 0 aliphatic carbocycles. The van der Waals surface area contributed by atoms with Gasteiger partial charge < -0.3 is 9.47 Å². The third-order valence-corrected chi connectivity index (χ3v) is 4.49. The van der Waals surface area contributed by atoms with Crippen molar-refractivity contribution in [3.8, 4) is 0 Å². The largest absolute Gasteiger partial charge is 0.468 e. The molecule has 27 heavy (non-hydrogen) atoms. The van der Waals surface area contributed by atoms with Gasteiger partial charge in [0.05, 0.1) is 35.8 Å². The van der Waals surface area contributed by atoms with Gasteiger partial charge in [0, 0.05) is 23.8 Å². The summed E-state index contributed by atoms with van der Waals surface area (Å²) in [6.45, 7) is 3.39. The number of nitro groups is 1. The van der Waals surface area contributed by atoms with Crippen molar-refractivity contribution in [2.45, 2.75) is 19.8 Å². The van der Waals surface area contributed by atoms with E-state index in [1.807, 2.05) is 0 Å². The van der Waals surface area contributed by atoms with Crippen molar-refractivity contribution in [3.05, 3.63) is 51.2 Å². The van der Waals surface area contributed by atoms with Crippen LogP contribution < -0.4 is 0 Å². The minimum atomic E-state index is -0.927. The summed E-state index contributed by atoms with van der Waals surface area (Å²) in [6, 6.07) is 5.75. The standard InChI is InChI=1S/C18H19ClN2O6/c1-4-27-18(23)16-13(9-19)20-10(2)14(17(22)26-3)15(16)11-6-5-7-12(8-11)21(24)25/h5-8,14-15H,4,9H2,1-3H3. The first-order valence-corrected chi connectivity index (χ1v) is 8.72. The van der Waals surface area contributed by atoms with Crippen molar-refractivity contribution in [1.29, 1.82) is 0 Å². The number of halogens is 1. The lowest BCUT2D eigenvalue weighted by molar-refractivity contribution is -0.384. The van der Waals surface area contributed by atoms with Crippen LogP contribution in [-0.4, -0.2) is 42.2 Å². The zero-order valence-electron chi connectivity index (χ0n) is 15.1. The summed E-state index contributed by atoms with van der Waals surface area (Å²) < 4.78 is 10.0. The molecule has 0 amide bonds. The molecule has 2 atom stereocenters. The van der Waals surface area contributed by atoms with Crippen molar-refractivity contribution in [1.82, 2.24) is 0 Å². The molecule has 0 saturated heterocycles. The minimum absolute atomic E-state index is 0.0786. The Hall–Kier alpha value is -2.74. The zero-order chi connectivity index (χ0) is 20.1. The number of alkyl halides is 1. The summed E-state index contributed by atoms with van der Waals surface area (Å²) in [6.07, 6.45) is 0. The number of nitrogens with zero attached hydrogens (tertiary/aromatic N) is 2. The van der Waals surface area contributed by atoms with Gasteiger partial charge >= 0.3 is 11.9 Å². The highest BCUT2D eigenvalue weighted by molar-refractivity contribution is 6.20. The summed E-state index contributed by atoms with van der Waals surface area (Å²) in [5.74, 6) is -3.14. The average molecular weight is 395 g/mol. The summed E-state index contributed by atoms with van der Waals surface area (Å²) in [5.41, 5.74) is 1.02. The van der Waals surface area contributed by atoms with Crippen molar-refractivity contribution in [2.24, 2.45) is 10.9 Å². The fourth-order valence-electron chi connectivity index (χ4n) is 3.11. The van der Waals surface area contributed by atoms with Gasteiger partial charge in [-0.1, -0.05) is 12.1 Å². The Morgan fingerprint density at radius 3 is 2.63 bits per heavy atom. The number of benzene rings is 1. The molecule has 0 N–H and O–H groups in total. The van der Waals surface area contributed by atoms with E-state index in [1.165, 1.54) is 25.3 Å². The van der Waals surface area contributed by atoms with Crippen LogP contribution in [0.1, 0.15) is 25.3 Å². The van der Waals surface area contributed by atoms with E-state index in [-0.39, 0.29) is 29.4 Å². The predicted octanol–water partition coefficient (Wildman–Crippen LogP) is 3.00. The number of ether oxygens (including phenoxy) is 2. The molecule has 0 saturated carbocycles. The number of methoxy groups -OCH3 is 1. The minimum Gasteiger partial charge on any atom is -0.468 e. The van der Waals surface area contributed by atoms with Gasteiger partial charge in [0.25, 0.3) is 5.69 Å². The molecule has 1 aliphatic heterocycles. The van der Waals surface area contributed by atoms with Gasteiger partial charge in [-0.15, -0.1) is 11.6 Å². The first-order chi connectivity index (χ1) is 12.8. The maximum absolute atomic E-state index is 12.6. The lowest BCUT2D eigenvalue weighted by atomic mass is 9.75. The highest BCUT2D eigenvalue weighted by Crippen LogP contribution is 2.41. The van der Waals surface area contributed by atoms with E-state index in [0.717, 1.165) is 0 Å². The Bertz CT molecular complexity index is 833. The third kappa shape index (κ3) is 4.16. The Morgan fingerprint density at radius 2 is 2.07 bits per heavy atom. The number of aliphatic imine (C=N–C) groups is 1. The molecule has 1 aliphatic rings. The highest BCUT2D eigenvalue weighted by atomic mass is 35.5. The lowest BCUT2D eigenvalue weighted by Gasteiger charge is -2.31. The average Bonchev–Trinajstić information content (AvgIpc) is 2.66. The second-order valence-electron chi connectivity index (χ2n) is 5.80. The van der Waals surface area contributed by atoms with Crippen LogP contribution in [0.25, 0.3) is 0 Å². The molecule has 9 heteroatoms. The first kappa shape index (κ1) is 20.6. The molecule has 2 unspecified atom stereocenters. The fourth-order valence-corrected chi connectivity index (χ4v) is 3.31. The molecule has 0 fully saturated rings. The molecule has 1 aromatic rings. The lowest BCUT2D eigenvalue weighted by Crippen LogP contribution is -2.36. The highest BCUT2D eigenvalue weighted by Gasteiger charge is 2.43. The smallest absolute Gasteiger partial charge is 0.336 e. The normalized spacial score (nSPS) is 19.3. The zero-order valence-corrected chi connectivity index (χ0v) is 15.9. The number of carbonyl (C=O) groups excluding carboxylic acids is 2. The number of nitro benzene ring substituents is 1. The van der Waals surface area contributed by atoms with Crippen LogP contribution >= 0.6 is 11.6 Å². The van der Waals surface area contributed by atoms with E-state index in [1.54, 1.807) is 19.9 Å². The van der Waals surface area contributed by atoms with Gasteiger partial charge in [0.15, 0.2) is 0 Å². The predicted molar refractivity (Wildman–Crippen MR) is 98.8 cm³/mol. The van der Waals surface area contributed by atoms with Gasteiger partial charge in [0.1, 0.15) is 5.92 Å². The van der Waals surface area contributed by atoms with Gasteiger partial charge in [-0.2, -0.15) is 0 Å². The van der Waals surface area contributed by atoms with Crippen molar-refractivity contribution >= 4 is 34.9 Å². The van der Waals surface area contributed by atoms with Crippen molar-refractivity contribution < 1.29 is 24.0 Å². The Morgan fingerprint density at radius 1 is 1.37 bits per heavy atom. The van der Waals surface area contributed by atoms with Crippen LogP contribution in [0.3, 0.4) is 0 Å². The number of carbonyl (C=O) groups is 2. The van der Waals surface area contributed by atoms with Crippen LogP contribution in [0.4, 0.5) is 5.69 Å². The van der Waals surface area contributed by atoms with Crippen molar-refractivity contribution in [2.75, 3.05) is 19.6 Å². The van der Waals surface area contributed by atoms with E-state index in [9.17, 15) is 19.7 Å². The number of esters is 2. The number of hydrogen-bond acceptors (Lipinski definition) is 7. The second kappa shape index (κ2) is 8.77. The Balaban J connectivity index is 2.73. The van der Waals surface area contributed by atoms with E-state index in [0.29, 0.717) is 11.3 Å². The monoisotopic (exact) mass is 394 g/mol. The van der Waals surface area contributed by atoms with Gasteiger partial charge in [-0.05, 0) is 19.4 Å². The Kier molecular flexibility index (Phi) is 6.68. The quantitative estimate of drug-likeness (QED) is 0.317. The van der Waals surface area contributed by atoms with Crippen LogP contribution in [0.2, 0.25) is 0 Å². The second-order valence-corrected chi connectivity index (χ2v) is 6.07. The van der Waals surface area contributed by atoms with Crippen LogP contribution in [0.5, 0.6) is 0 Å². The van der Waals surface area contributed by atoms with E-state index in [2.05, 4.69) is 4.99 Å². The summed E-state index contributed by atoms with van der Waals surface area (Å²) in [7, 11) is 1.23. The molecule has 2 rings (SSSR count). The number of allylic oxidation sites excluding steroid dienone is 1. The number of non-ortho nitro benzene ring substituents is 1. The molecular weight excluding hydrogens is 376 g/mol. The van der Waals surface area contributed by atoms with Crippen LogP contribution in [0, 0.1) is 16.0 Å². The molecular formula is C18H19ClN2O6. The molecule has 0 radical (unpaired) electrons. The maximum atomic E-state index is 12.6. The molecule has 1 heterocycles. The molecule has 1 aromatic carbocycles. The van der Waals surface area contributed by atoms with Gasteiger partial charge in [-0.3, -0.25) is 19.9 Å². The van der Waals surface area contributed by atoms with E-state index in [4.69, 9.17) is 21.1 Å². The van der Waals surface area contributed by atoms with E-state index < -0.39 is 28.7 Å². The molecule has 0 spiro atoms. The number of hydrogen-bond donors (Lipinski definition) is 0. The maximum Gasteiger partial charge on any atom is 0.336 e. The van der Waals surface area contributed by atoms with Crippen LogP contribution in [-0.2, 0) is 19.1 Å².